The van der Waals surface area contributed by atoms with Crippen molar-refractivity contribution in [1.29, 1.82) is 0 Å². The van der Waals surface area contributed by atoms with E-state index in [9.17, 15) is 5.11 Å². The van der Waals surface area contributed by atoms with Crippen LogP contribution in [0, 0.1) is 0 Å². The Hall–Kier alpha value is -1.95. The maximum Gasteiger partial charge on any atom is 0.145 e. The summed E-state index contributed by atoms with van der Waals surface area (Å²) in [7, 11) is 3.81. The Balaban J connectivity index is 2.24. The fourth-order valence-corrected chi connectivity index (χ4v) is 1.79. The van der Waals surface area contributed by atoms with Gasteiger partial charge in [0.1, 0.15) is 17.1 Å². The van der Waals surface area contributed by atoms with E-state index in [1.165, 1.54) is 0 Å². The summed E-state index contributed by atoms with van der Waals surface area (Å²) < 4.78 is 0.830. The number of phenols is 1. The third-order valence-electron chi connectivity index (χ3n) is 2.44. The zero-order chi connectivity index (χ0) is 13.8. The summed E-state index contributed by atoms with van der Waals surface area (Å²) in [6.45, 7) is 0. The summed E-state index contributed by atoms with van der Waals surface area (Å²) in [4.78, 5) is 5.89. The summed E-state index contributed by atoms with van der Waals surface area (Å²) in [5, 5.41) is 17.9. The summed E-state index contributed by atoms with van der Waals surface area (Å²) >= 11 is 3.31. The van der Waals surface area contributed by atoms with E-state index in [0.29, 0.717) is 11.4 Å². The molecular formula is C13H13BrN4O. The van der Waals surface area contributed by atoms with Crippen LogP contribution in [0.25, 0.3) is 0 Å². The molecule has 0 amide bonds. The number of aromatic nitrogens is 1. The molecule has 1 aromatic heterocycles. The molecule has 19 heavy (non-hydrogen) atoms. The molecule has 1 aromatic carbocycles. The number of rotatable bonds is 3. The van der Waals surface area contributed by atoms with Gasteiger partial charge >= 0.3 is 0 Å². The van der Waals surface area contributed by atoms with Crippen molar-refractivity contribution in [2.75, 3.05) is 19.0 Å². The Labute approximate surface area is 119 Å². The van der Waals surface area contributed by atoms with Gasteiger partial charge < -0.3 is 10.0 Å². The number of benzene rings is 1. The maximum atomic E-state index is 9.87. The molecule has 0 radical (unpaired) electrons. The molecule has 0 unspecified atom stereocenters. The third kappa shape index (κ3) is 3.51. The first-order valence-corrected chi connectivity index (χ1v) is 6.38. The lowest BCUT2D eigenvalue weighted by Crippen LogP contribution is -2.07. The normalized spacial score (nSPS) is 10.9. The Morgan fingerprint density at radius 3 is 2.58 bits per heavy atom. The van der Waals surface area contributed by atoms with Crippen LogP contribution >= 0.6 is 15.9 Å². The van der Waals surface area contributed by atoms with E-state index in [2.05, 4.69) is 31.1 Å². The van der Waals surface area contributed by atoms with E-state index >= 15 is 0 Å². The van der Waals surface area contributed by atoms with Crippen molar-refractivity contribution in [2.45, 2.75) is 0 Å². The summed E-state index contributed by atoms with van der Waals surface area (Å²) in [6, 6.07) is 7.03. The Bertz CT molecular complexity index is 613. The molecule has 1 heterocycles. The molecule has 2 aromatic rings. The molecule has 0 aliphatic heterocycles. The van der Waals surface area contributed by atoms with Crippen LogP contribution in [0.1, 0.15) is 0 Å². The Kier molecular flexibility index (Phi) is 4.11. The van der Waals surface area contributed by atoms with E-state index in [4.69, 9.17) is 0 Å². The van der Waals surface area contributed by atoms with Crippen LogP contribution in [0.4, 0.5) is 17.1 Å². The number of azo groups is 1. The monoisotopic (exact) mass is 320 g/mol. The first-order chi connectivity index (χ1) is 9.06. The highest BCUT2D eigenvalue weighted by Crippen LogP contribution is 2.31. The fourth-order valence-electron chi connectivity index (χ4n) is 1.44. The topological polar surface area (TPSA) is 61.1 Å². The van der Waals surface area contributed by atoms with E-state index in [0.717, 1.165) is 10.2 Å². The molecule has 0 aliphatic carbocycles. The minimum atomic E-state index is 0.0953. The predicted molar refractivity (Wildman–Crippen MR) is 78.5 cm³/mol. The fraction of sp³-hybridized carbons (Fsp3) is 0.154. The molecule has 6 heteroatoms. The number of nitrogens with zero attached hydrogens (tertiary/aromatic N) is 4. The molecule has 0 saturated heterocycles. The number of phenolic OH excluding ortho intramolecular Hbond substituents is 1. The van der Waals surface area contributed by atoms with E-state index < -0.39 is 0 Å². The number of hydrogen-bond acceptors (Lipinski definition) is 5. The highest BCUT2D eigenvalue weighted by Gasteiger charge is 2.03. The van der Waals surface area contributed by atoms with Gasteiger partial charge in [-0.3, -0.25) is 4.98 Å². The zero-order valence-electron chi connectivity index (χ0n) is 10.6. The first-order valence-electron chi connectivity index (χ1n) is 5.59. The van der Waals surface area contributed by atoms with Gasteiger partial charge in [0, 0.05) is 36.5 Å². The molecule has 0 atom stereocenters. The van der Waals surface area contributed by atoms with Crippen LogP contribution < -0.4 is 4.90 Å². The van der Waals surface area contributed by atoms with E-state index in [1.54, 1.807) is 30.6 Å². The highest BCUT2D eigenvalue weighted by molar-refractivity contribution is 9.10. The van der Waals surface area contributed by atoms with Crippen LogP contribution in [0.5, 0.6) is 5.75 Å². The van der Waals surface area contributed by atoms with Crippen molar-refractivity contribution < 1.29 is 5.11 Å². The van der Waals surface area contributed by atoms with Crippen molar-refractivity contribution in [3.63, 3.8) is 0 Å². The van der Waals surface area contributed by atoms with Crippen LogP contribution in [0.2, 0.25) is 0 Å². The van der Waals surface area contributed by atoms with Gasteiger partial charge in [-0.05, 0) is 34.1 Å². The smallest absolute Gasteiger partial charge is 0.145 e. The molecule has 0 fully saturated rings. The second-order valence-electron chi connectivity index (χ2n) is 4.13. The third-order valence-corrected chi connectivity index (χ3v) is 2.87. The number of anilines is 1. The largest absolute Gasteiger partial charge is 0.506 e. The van der Waals surface area contributed by atoms with Crippen molar-refractivity contribution in [3.8, 4) is 5.75 Å². The Morgan fingerprint density at radius 2 is 1.95 bits per heavy atom. The van der Waals surface area contributed by atoms with Gasteiger partial charge in [0.25, 0.3) is 0 Å². The SMILES string of the molecule is CN(C)c1ccc(N=Nc2cncc(Br)c2)c(O)c1. The molecule has 0 saturated carbocycles. The van der Waals surface area contributed by atoms with Crippen molar-refractivity contribution >= 4 is 33.0 Å². The second kappa shape index (κ2) is 5.79. The lowest BCUT2D eigenvalue weighted by Gasteiger charge is -2.12. The molecule has 5 nitrogen and oxygen atoms in total. The summed E-state index contributed by atoms with van der Waals surface area (Å²) in [6.07, 6.45) is 3.27. The maximum absolute atomic E-state index is 9.87. The van der Waals surface area contributed by atoms with Gasteiger partial charge in [-0.2, -0.15) is 0 Å². The summed E-state index contributed by atoms with van der Waals surface area (Å²) in [5.74, 6) is 0.0953. The van der Waals surface area contributed by atoms with Crippen LogP contribution in [-0.2, 0) is 0 Å². The lowest BCUT2D eigenvalue weighted by atomic mass is 10.2. The molecular weight excluding hydrogens is 308 g/mol. The predicted octanol–water partition coefficient (Wildman–Crippen LogP) is 4.03. The molecule has 98 valence electrons. The molecule has 0 bridgehead atoms. The van der Waals surface area contributed by atoms with Crippen molar-refractivity contribution in [3.05, 3.63) is 41.1 Å². The van der Waals surface area contributed by atoms with Crippen LogP contribution in [0.15, 0.2) is 51.4 Å². The number of halogens is 1. The summed E-state index contributed by atoms with van der Waals surface area (Å²) in [5.41, 5.74) is 1.94. The average molecular weight is 321 g/mol. The zero-order valence-corrected chi connectivity index (χ0v) is 12.2. The standard InChI is InChI=1S/C13H13BrN4O/c1-18(2)11-3-4-12(13(19)6-11)17-16-10-5-9(14)7-15-8-10/h3-8,19H,1-2H3. The van der Waals surface area contributed by atoms with Crippen molar-refractivity contribution in [1.82, 2.24) is 4.98 Å². The van der Waals surface area contributed by atoms with Gasteiger partial charge in [0.05, 0.1) is 6.20 Å². The number of aromatic hydroxyl groups is 1. The van der Waals surface area contributed by atoms with Gasteiger partial charge in [0.15, 0.2) is 0 Å². The lowest BCUT2D eigenvalue weighted by molar-refractivity contribution is 0.476. The van der Waals surface area contributed by atoms with Gasteiger partial charge in [-0.25, -0.2) is 0 Å². The average Bonchev–Trinajstić information content (AvgIpc) is 2.37. The van der Waals surface area contributed by atoms with Gasteiger partial charge in [-0.15, -0.1) is 10.2 Å². The number of pyridine rings is 1. The van der Waals surface area contributed by atoms with Crippen molar-refractivity contribution in [2.24, 2.45) is 10.2 Å². The van der Waals surface area contributed by atoms with Crippen LogP contribution in [0.3, 0.4) is 0 Å². The first kappa shape index (κ1) is 13.5. The quantitative estimate of drug-likeness (QED) is 0.868. The highest BCUT2D eigenvalue weighted by atomic mass is 79.9. The molecule has 1 N–H and O–H groups in total. The second-order valence-corrected chi connectivity index (χ2v) is 5.04. The minimum absolute atomic E-state index is 0.0953. The Morgan fingerprint density at radius 1 is 1.16 bits per heavy atom. The molecule has 2 rings (SSSR count). The van der Waals surface area contributed by atoms with E-state index in [-0.39, 0.29) is 5.75 Å². The number of hydrogen-bond donors (Lipinski definition) is 1. The van der Waals surface area contributed by atoms with E-state index in [1.807, 2.05) is 25.1 Å². The van der Waals surface area contributed by atoms with Gasteiger partial charge in [0.2, 0.25) is 0 Å². The molecule has 0 spiro atoms. The molecule has 0 aliphatic rings. The minimum Gasteiger partial charge on any atom is -0.506 e. The van der Waals surface area contributed by atoms with Crippen LogP contribution in [-0.4, -0.2) is 24.2 Å². The van der Waals surface area contributed by atoms with Gasteiger partial charge in [-0.1, -0.05) is 0 Å².